The Bertz CT molecular complexity index is 533. The molecule has 0 spiro atoms. The lowest BCUT2D eigenvalue weighted by Crippen LogP contribution is -2.50. The molecule has 2 fully saturated rings. The molecular formula is C16H26N4O3. The molecule has 1 aliphatic carbocycles. The summed E-state index contributed by atoms with van der Waals surface area (Å²) in [5.41, 5.74) is 0. The van der Waals surface area contributed by atoms with Crippen LogP contribution in [0, 0.1) is 5.92 Å². The second-order valence-corrected chi connectivity index (χ2v) is 6.40. The van der Waals surface area contributed by atoms with Crippen molar-refractivity contribution in [2.75, 3.05) is 13.2 Å². The number of amides is 2. The SMILES string of the molecule is CCO[C@H](C)c1noc(CNC(=O)N2CCC[C@@H]3CCC[C@@H]32)n1. The zero-order valence-corrected chi connectivity index (χ0v) is 14.0. The van der Waals surface area contributed by atoms with Gasteiger partial charge in [-0.15, -0.1) is 0 Å². The van der Waals surface area contributed by atoms with Crippen molar-refractivity contribution < 1.29 is 14.1 Å². The maximum atomic E-state index is 12.5. The number of fused-ring (bicyclic) bond motifs is 1. The minimum atomic E-state index is -0.199. The van der Waals surface area contributed by atoms with E-state index >= 15 is 0 Å². The van der Waals surface area contributed by atoms with Gasteiger partial charge in [0.05, 0.1) is 6.54 Å². The Morgan fingerprint density at radius 3 is 3.09 bits per heavy atom. The number of hydrogen-bond acceptors (Lipinski definition) is 5. The molecule has 1 aliphatic heterocycles. The van der Waals surface area contributed by atoms with Crippen molar-refractivity contribution in [3.05, 3.63) is 11.7 Å². The molecule has 1 saturated heterocycles. The van der Waals surface area contributed by atoms with Crippen LogP contribution in [0.15, 0.2) is 4.52 Å². The van der Waals surface area contributed by atoms with Crippen molar-refractivity contribution in [3.63, 3.8) is 0 Å². The highest BCUT2D eigenvalue weighted by atomic mass is 16.5. The third-order valence-corrected chi connectivity index (χ3v) is 4.91. The molecule has 23 heavy (non-hydrogen) atoms. The third kappa shape index (κ3) is 3.65. The third-order valence-electron chi connectivity index (χ3n) is 4.91. The van der Waals surface area contributed by atoms with Crippen LogP contribution in [0.5, 0.6) is 0 Å². The molecule has 3 rings (SSSR count). The number of piperidine rings is 1. The fourth-order valence-corrected chi connectivity index (χ4v) is 3.79. The molecule has 0 radical (unpaired) electrons. The number of hydrogen-bond donors (Lipinski definition) is 1. The Hall–Kier alpha value is -1.63. The van der Waals surface area contributed by atoms with Crippen LogP contribution in [0.4, 0.5) is 4.79 Å². The van der Waals surface area contributed by atoms with Crippen molar-refractivity contribution in [1.82, 2.24) is 20.4 Å². The predicted molar refractivity (Wildman–Crippen MR) is 83.6 cm³/mol. The Balaban J connectivity index is 1.52. The minimum Gasteiger partial charge on any atom is -0.371 e. The van der Waals surface area contributed by atoms with Crippen LogP contribution in [-0.4, -0.2) is 40.3 Å². The molecule has 7 heteroatoms. The number of urea groups is 1. The van der Waals surface area contributed by atoms with Crippen LogP contribution < -0.4 is 5.32 Å². The molecule has 1 aromatic rings. The highest BCUT2D eigenvalue weighted by Gasteiger charge is 2.37. The van der Waals surface area contributed by atoms with Gasteiger partial charge in [-0.1, -0.05) is 11.6 Å². The number of likely N-dealkylation sites (tertiary alicyclic amines) is 1. The normalized spacial score (nSPS) is 25.2. The van der Waals surface area contributed by atoms with Crippen molar-refractivity contribution in [1.29, 1.82) is 0 Å². The summed E-state index contributed by atoms with van der Waals surface area (Å²) in [5.74, 6) is 1.63. The molecule has 3 atom stereocenters. The summed E-state index contributed by atoms with van der Waals surface area (Å²) in [6.07, 6.45) is 5.80. The Kier molecular flexibility index (Phi) is 5.15. The average Bonchev–Trinajstić information content (AvgIpc) is 3.21. The first-order valence-corrected chi connectivity index (χ1v) is 8.67. The Morgan fingerprint density at radius 2 is 2.26 bits per heavy atom. The summed E-state index contributed by atoms with van der Waals surface area (Å²) in [4.78, 5) is 18.7. The van der Waals surface area contributed by atoms with Gasteiger partial charge in [0.2, 0.25) is 5.89 Å². The maximum Gasteiger partial charge on any atom is 0.318 e. The second kappa shape index (κ2) is 7.29. The fraction of sp³-hybridized carbons (Fsp3) is 0.812. The summed E-state index contributed by atoms with van der Waals surface area (Å²) in [5, 5.41) is 6.82. The van der Waals surface area contributed by atoms with Gasteiger partial charge in [-0.3, -0.25) is 0 Å². The monoisotopic (exact) mass is 322 g/mol. The molecule has 2 heterocycles. The van der Waals surface area contributed by atoms with Gasteiger partial charge in [0.15, 0.2) is 5.82 Å². The van der Waals surface area contributed by atoms with E-state index < -0.39 is 0 Å². The molecule has 0 unspecified atom stereocenters. The topological polar surface area (TPSA) is 80.5 Å². The number of nitrogens with one attached hydrogen (secondary N) is 1. The Morgan fingerprint density at radius 1 is 1.43 bits per heavy atom. The first kappa shape index (κ1) is 16.2. The zero-order chi connectivity index (χ0) is 16.2. The van der Waals surface area contributed by atoms with Crippen molar-refractivity contribution >= 4 is 6.03 Å². The van der Waals surface area contributed by atoms with Crippen LogP contribution in [-0.2, 0) is 11.3 Å². The first-order chi connectivity index (χ1) is 11.2. The molecular weight excluding hydrogens is 296 g/mol. The van der Waals surface area contributed by atoms with E-state index in [9.17, 15) is 4.79 Å². The van der Waals surface area contributed by atoms with Gasteiger partial charge < -0.3 is 19.5 Å². The number of aromatic nitrogens is 2. The highest BCUT2D eigenvalue weighted by molar-refractivity contribution is 5.74. The standard InChI is InChI=1S/C16H26N4O3/c1-3-22-11(2)15-18-14(23-19-15)10-17-16(21)20-9-5-7-12-6-4-8-13(12)20/h11-13H,3-10H2,1-2H3,(H,17,21)/t11-,12+,13+/m1/s1. The van der Waals surface area contributed by atoms with Gasteiger partial charge in [-0.25, -0.2) is 4.79 Å². The van der Waals surface area contributed by atoms with Gasteiger partial charge in [0.1, 0.15) is 6.10 Å². The van der Waals surface area contributed by atoms with E-state index in [4.69, 9.17) is 9.26 Å². The smallest absolute Gasteiger partial charge is 0.318 e. The van der Waals surface area contributed by atoms with E-state index in [1.54, 1.807) is 0 Å². The van der Waals surface area contributed by atoms with E-state index in [1.165, 1.54) is 19.3 Å². The van der Waals surface area contributed by atoms with Crippen LogP contribution in [0.2, 0.25) is 0 Å². The summed E-state index contributed by atoms with van der Waals surface area (Å²) in [6.45, 7) is 5.51. The van der Waals surface area contributed by atoms with E-state index in [-0.39, 0.29) is 18.7 Å². The maximum absolute atomic E-state index is 12.5. The summed E-state index contributed by atoms with van der Waals surface area (Å²) in [6, 6.07) is 0.402. The average molecular weight is 322 g/mol. The van der Waals surface area contributed by atoms with Crippen LogP contribution in [0.3, 0.4) is 0 Å². The molecule has 2 amide bonds. The molecule has 7 nitrogen and oxygen atoms in total. The van der Waals surface area contributed by atoms with Crippen LogP contribution in [0.25, 0.3) is 0 Å². The van der Waals surface area contributed by atoms with Gasteiger partial charge in [-0.05, 0) is 45.4 Å². The number of carbonyl (C=O) groups excluding carboxylic acids is 1. The number of nitrogens with zero attached hydrogens (tertiary/aromatic N) is 3. The lowest BCUT2D eigenvalue weighted by atomic mass is 9.92. The molecule has 0 aromatic carbocycles. The fourth-order valence-electron chi connectivity index (χ4n) is 3.79. The largest absolute Gasteiger partial charge is 0.371 e. The van der Waals surface area contributed by atoms with E-state index in [0.29, 0.717) is 30.3 Å². The van der Waals surface area contributed by atoms with Gasteiger partial charge in [0.25, 0.3) is 0 Å². The molecule has 1 aromatic heterocycles. The van der Waals surface area contributed by atoms with Crippen LogP contribution >= 0.6 is 0 Å². The Labute approximate surface area is 136 Å². The molecule has 1 N–H and O–H groups in total. The van der Waals surface area contributed by atoms with Crippen molar-refractivity contribution in [2.24, 2.45) is 5.92 Å². The molecule has 0 bridgehead atoms. The van der Waals surface area contributed by atoms with Gasteiger partial charge in [0, 0.05) is 19.2 Å². The number of carbonyl (C=O) groups is 1. The summed E-state index contributed by atoms with van der Waals surface area (Å²) >= 11 is 0. The van der Waals surface area contributed by atoms with Gasteiger partial charge >= 0.3 is 6.03 Å². The molecule has 2 aliphatic rings. The minimum absolute atomic E-state index is 0.0146. The summed E-state index contributed by atoms with van der Waals surface area (Å²) in [7, 11) is 0. The van der Waals surface area contributed by atoms with E-state index in [2.05, 4.69) is 15.5 Å². The number of ether oxygens (including phenoxy) is 1. The van der Waals surface area contributed by atoms with Crippen LogP contribution in [0.1, 0.15) is 63.8 Å². The predicted octanol–water partition coefficient (Wildman–Crippen LogP) is 2.64. The lowest BCUT2D eigenvalue weighted by Gasteiger charge is -2.37. The quantitative estimate of drug-likeness (QED) is 0.901. The zero-order valence-electron chi connectivity index (χ0n) is 14.0. The van der Waals surface area contributed by atoms with Crippen molar-refractivity contribution in [2.45, 2.75) is 64.6 Å². The first-order valence-electron chi connectivity index (χ1n) is 8.67. The lowest BCUT2D eigenvalue weighted by molar-refractivity contribution is 0.0683. The van der Waals surface area contributed by atoms with E-state index in [0.717, 1.165) is 19.4 Å². The second-order valence-electron chi connectivity index (χ2n) is 6.40. The number of rotatable bonds is 5. The highest BCUT2D eigenvalue weighted by Crippen LogP contribution is 2.36. The summed E-state index contributed by atoms with van der Waals surface area (Å²) < 4.78 is 10.6. The van der Waals surface area contributed by atoms with E-state index in [1.807, 2.05) is 18.7 Å². The van der Waals surface area contributed by atoms with Crippen molar-refractivity contribution in [3.8, 4) is 0 Å². The van der Waals surface area contributed by atoms with Gasteiger partial charge in [-0.2, -0.15) is 4.98 Å². The molecule has 128 valence electrons. The molecule has 1 saturated carbocycles.